The van der Waals surface area contributed by atoms with Crippen molar-refractivity contribution in [1.82, 2.24) is 20.3 Å². The first-order valence-corrected chi connectivity index (χ1v) is 7.23. The molecule has 0 bridgehead atoms. The molecule has 2 aromatic rings. The van der Waals surface area contributed by atoms with Gasteiger partial charge in [-0.2, -0.15) is 0 Å². The van der Waals surface area contributed by atoms with Crippen LogP contribution in [0.5, 0.6) is 0 Å². The Bertz CT molecular complexity index is 537. The molecule has 2 atom stereocenters. The zero-order chi connectivity index (χ0) is 14.7. The second kappa shape index (κ2) is 6.18. The lowest BCUT2D eigenvalue weighted by Crippen LogP contribution is -2.26. The summed E-state index contributed by atoms with van der Waals surface area (Å²) in [6, 6.07) is 2.63. The second-order valence-electron chi connectivity index (χ2n) is 5.40. The topological polar surface area (TPSA) is 53.6 Å². The fourth-order valence-electron chi connectivity index (χ4n) is 2.93. The highest BCUT2D eigenvalue weighted by molar-refractivity contribution is 5.33. The van der Waals surface area contributed by atoms with E-state index in [0.717, 1.165) is 23.6 Å². The number of imidazole rings is 1. The van der Waals surface area contributed by atoms with Crippen LogP contribution in [-0.2, 0) is 0 Å². The molecule has 2 heterocycles. The SMILES string of the molecule is CCC(NC(C)c1c(C)cc(C)nc1C)c1ncc[nH]1. The molecule has 0 saturated heterocycles. The Hall–Kier alpha value is -1.68. The first-order chi connectivity index (χ1) is 9.52. The molecule has 0 fully saturated rings. The van der Waals surface area contributed by atoms with Crippen LogP contribution in [0, 0.1) is 20.8 Å². The van der Waals surface area contributed by atoms with Gasteiger partial charge in [-0.05, 0) is 51.3 Å². The summed E-state index contributed by atoms with van der Waals surface area (Å²) in [6.45, 7) is 10.6. The van der Waals surface area contributed by atoms with E-state index >= 15 is 0 Å². The maximum absolute atomic E-state index is 4.59. The van der Waals surface area contributed by atoms with E-state index < -0.39 is 0 Å². The van der Waals surface area contributed by atoms with Gasteiger partial charge in [-0.1, -0.05) is 6.92 Å². The molecule has 2 N–H and O–H groups in total. The minimum absolute atomic E-state index is 0.236. The molecule has 20 heavy (non-hydrogen) atoms. The standard InChI is InChI=1S/C16H24N4/c1-6-14(16-17-7-8-18-16)20-13(5)15-10(2)9-11(3)19-12(15)4/h7-9,13-14,20H,6H2,1-5H3,(H,17,18). The van der Waals surface area contributed by atoms with Crippen molar-refractivity contribution in [3.8, 4) is 0 Å². The molecular formula is C16H24N4. The van der Waals surface area contributed by atoms with E-state index in [1.54, 1.807) is 6.20 Å². The van der Waals surface area contributed by atoms with Crippen molar-refractivity contribution in [3.63, 3.8) is 0 Å². The Morgan fingerprint density at radius 3 is 2.60 bits per heavy atom. The van der Waals surface area contributed by atoms with Crippen LogP contribution in [0.25, 0.3) is 0 Å². The summed E-state index contributed by atoms with van der Waals surface area (Å²) in [5, 5.41) is 3.65. The van der Waals surface area contributed by atoms with Gasteiger partial charge in [-0.3, -0.25) is 4.98 Å². The van der Waals surface area contributed by atoms with Gasteiger partial charge in [0.25, 0.3) is 0 Å². The summed E-state index contributed by atoms with van der Waals surface area (Å²) in [4.78, 5) is 12.1. The summed E-state index contributed by atoms with van der Waals surface area (Å²) >= 11 is 0. The third-order valence-corrected chi connectivity index (χ3v) is 3.73. The van der Waals surface area contributed by atoms with Gasteiger partial charge in [0.05, 0.1) is 6.04 Å². The fraction of sp³-hybridized carbons (Fsp3) is 0.500. The quantitative estimate of drug-likeness (QED) is 0.875. The number of rotatable bonds is 5. The van der Waals surface area contributed by atoms with Crippen LogP contribution < -0.4 is 5.32 Å². The highest BCUT2D eigenvalue weighted by atomic mass is 15.0. The lowest BCUT2D eigenvalue weighted by molar-refractivity contribution is 0.438. The van der Waals surface area contributed by atoms with Crippen molar-refractivity contribution in [2.75, 3.05) is 0 Å². The molecule has 0 saturated carbocycles. The van der Waals surface area contributed by atoms with Gasteiger partial charge < -0.3 is 10.3 Å². The molecular weight excluding hydrogens is 248 g/mol. The number of aromatic amines is 1. The van der Waals surface area contributed by atoms with E-state index in [9.17, 15) is 0 Å². The van der Waals surface area contributed by atoms with E-state index in [2.05, 4.69) is 54.0 Å². The molecule has 0 aliphatic rings. The minimum atomic E-state index is 0.236. The number of aryl methyl sites for hydroxylation is 3. The molecule has 4 heteroatoms. The third kappa shape index (κ3) is 3.07. The summed E-state index contributed by atoms with van der Waals surface area (Å²) < 4.78 is 0. The molecule has 4 nitrogen and oxygen atoms in total. The van der Waals surface area contributed by atoms with Crippen LogP contribution in [-0.4, -0.2) is 15.0 Å². The van der Waals surface area contributed by atoms with Crippen molar-refractivity contribution in [2.45, 2.75) is 53.1 Å². The molecule has 0 spiro atoms. The molecule has 2 unspecified atom stereocenters. The van der Waals surface area contributed by atoms with Crippen molar-refractivity contribution in [1.29, 1.82) is 0 Å². The highest BCUT2D eigenvalue weighted by Crippen LogP contribution is 2.24. The predicted octanol–water partition coefficient (Wildman–Crippen LogP) is 3.53. The fourth-order valence-corrected chi connectivity index (χ4v) is 2.93. The number of aromatic nitrogens is 3. The monoisotopic (exact) mass is 272 g/mol. The van der Waals surface area contributed by atoms with Gasteiger partial charge in [-0.25, -0.2) is 4.98 Å². The Kier molecular flexibility index (Phi) is 4.55. The molecule has 0 aliphatic heterocycles. The average Bonchev–Trinajstić information content (AvgIpc) is 2.88. The molecule has 0 radical (unpaired) electrons. The number of nitrogens with one attached hydrogen (secondary N) is 2. The third-order valence-electron chi connectivity index (χ3n) is 3.73. The molecule has 2 aromatic heterocycles. The van der Waals surface area contributed by atoms with E-state index in [-0.39, 0.29) is 12.1 Å². The smallest absolute Gasteiger partial charge is 0.123 e. The van der Waals surface area contributed by atoms with Crippen LogP contribution in [0.4, 0.5) is 0 Å². The van der Waals surface area contributed by atoms with Gasteiger partial charge in [-0.15, -0.1) is 0 Å². The van der Waals surface area contributed by atoms with Gasteiger partial charge in [0, 0.05) is 29.8 Å². The zero-order valence-corrected chi connectivity index (χ0v) is 13.0. The minimum Gasteiger partial charge on any atom is -0.347 e. The van der Waals surface area contributed by atoms with Gasteiger partial charge >= 0.3 is 0 Å². The van der Waals surface area contributed by atoms with Crippen LogP contribution in [0.1, 0.15) is 60.7 Å². The van der Waals surface area contributed by atoms with E-state index in [1.165, 1.54) is 11.1 Å². The second-order valence-corrected chi connectivity index (χ2v) is 5.40. The van der Waals surface area contributed by atoms with Crippen LogP contribution >= 0.6 is 0 Å². The summed E-state index contributed by atoms with van der Waals surface area (Å²) in [6.07, 6.45) is 4.66. The van der Waals surface area contributed by atoms with Crippen molar-refractivity contribution in [3.05, 3.63) is 46.8 Å². The maximum Gasteiger partial charge on any atom is 0.123 e. The normalized spacial score (nSPS) is 14.2. The van der Waals surface area contributed by atoms with Crippen molar-refractivity contribution in [2.24, 2.45) is 0 Å². The number of hydrogen-bond donors (Lipinski definition) is 2. The maximum atomic E-state index is 4.59. The molecule has 108 valence electrons. The highest BCUT2D eigenvalue weighted by Gasteiger charge is 2.18. The number of nitrogens with zero attached hydrogens (tertiary/aromatic N) is 2. The summed E-state index contributed by atoms with van der Waals surface area (Å²) in [5.41, 5.74) is 4.77. The van der Waals surface area contributed by atoms with E-state index in [0.29, 0.717) is 0 Å². The molecule has 0 aromatic carbocycles. The molecule has 2 rings (SSSR count). The Balaban J connectivity index is 2.21. The van der Waals surface area contributed by atoms with E-state index in [1.807, 2.05) is 13.1 Å². The first-order valence-electron chi connectivity index (χ1n) is 7.23. The van der Waals surface area contributed by atoms with Gasteiger partial charge in [0.2, 0.25) is 0 Å². The Morgan fingerprint density at radius 2 is 2.05 bits per heavy atom. The number of H-pyrrole nitrogens is 1. The van der Waals surface area contributed by atoms with Crippen LogP contribution in [0.3, 0.4) is 0 Å². The zero-order valence-electron chi connectivity index (χ0n) is 13.0. The Labute approximate surface area is 121 Å². The predicted molar refractivity (Wildman–Crippen MR) is 81.6 cm³/mol. The van der Waals surface area contributed by atoms with E-state index in [4.69, 9.17) is 0 Å². The first kappa shape index (κ1) is 14.7. The molecule has 0 aliphatic carbocycles. The van der Waals surface area contributed by atoms with Gasteiger partial charge in [0.15, 0.2) is 0 Å². The Morgan fingerprint density at radius 1 is 1.30 bits per heavy atom. The largest absolute Gasteiger partial charge is 0.347 e. The summed E-state index contributed by atoms with van der Waals surface area (Å²) in [5.74, 6) is 0.995. The average molecular weight is 272 g/mol. The van der Waals surface area contributed by atoms with Crippen LogP contribution in [0.15, 0.2) is 18.5 Å². The molecule has 0 amide bonds. The van der Waals surface area contributed by atoms with Gasteiger partial charge in [0.1, 0.15) is 5.82 Å². The van der Waals surface area contributed by atoms with Crippen molar-refractivity contribution >= 4 is 0 Å². The lowest BCUT2D eigenvalue weighted by Gasteiger charge is -2.24. The lowest BCUT2D eigenvalue weighted by atomic mass is 9.99. The number of pyridine rings is 1. The van der Waals surface area contributed by atoms with Crippen LogP contribution in [0.2, 0.25) is 0 Å². The number of hydrogen-bond acceptors (Lipinski definition) is 3. The summed E-state index contributed by atoms with van der Waals surface area (Å²) in [7, 11) is 0. The van der Waals surface area contributed by atoms with Crippen molar-refractivity contribution < 1.29 is 0 Å².